The van der Waals surface area contributed by atoms with Gasteiger partial charge in [0.1, 0.15) is 6.04 Å². The Bertz CT molecular complexity index is 1690. The number of anilines is 1. The molecule has 0 fully saturated rings. The Morgan fingerprint density at radius 3 is 2.43 bits per heavy atom. The van der Waals surface area contributed by atoms with Gasteiger partial charge in [0.05, 0.1) is 33.1 Å². The van der Waals surface area contributed by atoms with Gasteiger partial charge >= 0.3 is 0 Å². The molecule has 2 aliphatic rings. The molecule has 1 aliphatic carbocycles. The average Bonchev–Trinajstić information content (AvgIpc) is 3.40. The Labute approximate surface area is 268 Å². The molecule has 1 aliphatic heterocycles. The van der Waals surface area contributed by atoms with Gasteiger partial charge in [0.15, 0.2) is 23.0 Å². The lowest BCUT2D eigenvalue weighted by Crippen LogP contribution is -2.44. The number of ether oxygens (including phenoxy) is 5. The lowest BCUT2D eigenvalue weighted by Gasteiger charge is -2.24. The van der Waals surface area contributed by atoms with Crippen LogP contribution < -0.4 is 45.1 Å². The summed E-state index contributed by atoms with van der Waals surface area (Å²) in [7, 11) is 4.66. The molecule has 3 atom stereocenters. The summed E-state index contributed by atoms with van der Waals surface area (Å²) < 4.78 is 28.0. The van der Waals surface area contributed by atoms with E-state index in [1.165, 1.54) is 6.92 Å². The van der Waals surface area contributed by atoms with E-state index in [0.717, 1.165) is 16.7 Å². The van der Waals surface area contributed by atoms with Crippen molar-refractivity contribution >= 4 is 17.5 Å². The van der Waals surface area contributed by atoms with Crippen molar-refractivity contribution in [2.45, 2.75) is 58.7 Å². The molecule has 3 aromatic carbocycles. The van der Waals surface area contributed by atoms with Gasteiger partial charge in [0, 0.05) is 19.0 Å². The van der Waals surface area contributed by atoms with Crippen molar-refractivity contribution in [2.24, 2.45) is 5.92 Å². The summed E-state index contributed by atoms with van der Waals surface area (Å²) in [6, 6.07) is 11.4. The lowest BCUT2D eigenvalue weighted by molar-refractivity contribution is -0.123. The van der Waals surface area contributed by atoms with E-state index in [0.29, 0.717) is 59.1 Å². The first-order chi connectivity index (χ1) is 22.2. The Kier molecular flexibility index (Phi) is 9.89. The highest BCUT2D eigenvalue weighted by Gasteiger charge is 2.30. The number of amides is 2. The summed E-state index contributed by atoms with van der Waals surface area (Å²) in [5, 5.41) is 9.28. The number of hydrogen-bond acceptors (Lipinski definition) is 9. The molecule has 0 spiro atoms. The quantitative estimate of drug-likeness (QED) is 0.275. The molecule has 11 nitrogen and oxygen atoms in total. The molecule has 0 bridgehead atoms. The van der Waals surface area contributed by atoms with Crippen molar-refractivity contribution in [2.75, 3.05) is 33.4 Å². The molecule has 0 aromatic heterocycles. The minimum Gasteiger partial charge on any atom is -0.493 e. The summed E-state index contributed by atoms with van der Waals surface area (Å²) >= 11 is 0. The van der Waals surface area contributed by atoms with Crippen LogP contribution in [0.3, 0.4) is 0 Å². The molecule has 1 heterocycles. The SMILES string of the molecule is CC[C@@H](C)[C@H](Nc1ccc2c(cc1=O)[C@@H](NC(C)=O)CCc1cc(OC)c(OC)c(OC)c1-2)C(=O)NCc1ccc2c(c1)OCO2. The smallest absolute Gasteiger partial charge is 0.243 e. The van der Waals surface area contributed by atoms with Gasteiger partial charge in [0.25, 0.3) is 0 Å². The van der Waals surface area contributed by atoms with E-state index in [1.54, 1.807) is 33.5 Å². The zero-order chi connectivity index (χ0) is 33.0. The number of carbonyl (C=O) groups excluding carboxylic acids is 2. The number of rotatable bonds is 11. The van der Waals surface area contributed by atoms with Crippen LogP contribution in [0.4, 0.5) is 5.69 Å². The third kappa shape index (κ3) is 6.54. The first kappa shape index (κ1) is 32.5. The van der Waals surface area contributed by atoms with E-state index in [-0.39, 0.29) is 42.2 Å². The van der Waals surface area contributed by atoms with E-state index in [9.17, 15) is 14.4 Å². The fourth-order valence-electron chi connectivity index (χ4n) is 6.05. The zero-order valence-electron chi connectivity index (χ0n) is 27.1. The van der Waals surface area contributed by atoms with Crippen LogP contribution in [0.1, 0.15) is 56.3 Å². The molecule has 0 unspecified atom stereocenters. The van der Waals surface area contributed by atoms with E-state index in [1.807, 2.05) is 44.2 Å². The van der Waals surface area contributed by atoms with E-state index in [4.69, 9.17) is 23.7 Å². The normalized spacial score (nSPS) is 15.7. The maximum atomic E-state index is 13.9. The maximum Gasteiger partial charge on any atom is 0.243 e. The van der Waals surface area contributed by atoms with Crippen LogP contribution in [0.5, 0.6) is 28.7 Å². The third-order valence-electron chi connectivity index (χ3n) is 8.63. The van der Waals surface area contributed by atoms with Gasteiger partial charge in [-0.3, -0.25) is 14.4 Å². The van der Waals surface area contributed by atoms with Crippen molar-refractivity contribution in [3.63, 3.8) is 0 Å². The standard InChI is InChI=1S/C35H41N3O8/c1-7-19(2)32(35(41)36-17-21-8-13-28-29(14-21)46-18-45-28)38-26-12-10-23-24(16-27(26)40)25(37-20(3)39)11-9-22-15-30(42-4)33(43-5)34(44-6)31(22)23/h8,10,12-16,19,25,32H,7,9,11,17-18H2,1-6H3,(H,36,41)(H,37,39)(H,38,40)/t19-,25+,32+/m1/s1. The largest absolute Gasteiger partial charge is 0.493 e. The van der Waals surface area contributed by atoms with Gasteiger partial charge < -0.3 is 39.6 Å². The number of nitrogens with one attached hydrogen (secondary N) is 3. The molecular formula is C35H41N3O8. The summed E-state index contributed by atoms with van der Waals surface area (Å²) in [6.45, 7) is 5.88. The van der Waals surface area contributed by atoms with Crippen molar-refractivity contribution in [3.05, 3.63) is 69.4 Å². The van der Waals surface area contributed by atoms with Crippen molar-refractivity contribution < 1.29 is 33.3 Å². The number of carbonyl (C=O) groups is 2. The first-order valence-corrected chi connectivity index (χ1v) is 15.4. The van der Waals surface area contributed by atoms with Crippen LogP contribution in [0.15, 0.2) is 47.3 Å². The van der Waals surface area contributed by atoms with Crippen molar-refractivity contribution in [1.29, 1.82) is 0 Å². The van der Waals surface area contributed by atoms with Crippen LogP contribution in [0.2, 0.25) is 0 Å². The second-order valence-corrected chi connectivity index (χ2v) is 11.5. The van der Waals surface area contributed by atoms with Gasteiger partial charge in [-0.2, -0.15) is 0 Å². The molecule has 3 aromatic rings. The topological polar surface area (TPSA) is 133 Å². The van der Waals surface area contributed by atoms with E-state index < -0.39 is 12.1 Å². The Morgan fingerprint density at radius 1 is 0.978 bits per heavy atom. The average molecular weight is 632 g/mol. The fourth-order valence-corrected chi connectivity index (χ4v) is 6.05. The molecular weight excluding hydrogens is 590 g/mol. The molecule has 0 radical (unpaired) electrons. The van der Waals surface area contributed by atoms with Gasteiger partial charge in [-0.1, -0.05) is 32.4 Å². The Morgan fingerprint density at radius 2 is 1.74 bits per heavy atom. The van der Waals surface area contributed by atoms with Gasteiger partial charge in [0.2, 0.25) is 29.8 Å². The number of hydrogen-bond donors (Lipinski definition) is 3. The number of fused-ring (bicyclic) bond motifs is 4. The predicted molar refractivity (Wildman–Crippen MR) is 174 cm³/mol. The summed E-state index contributed by atoms with van der Waals surface area (Å²) in [5.74, 6) is 2.19. The monoisotopic (exact) mass is 631 g/mol. The molecule has 46 heavy (non-hydrogen) atoms. The minimum atomic E-state index is -0.689. The summed E-state index contributed by atoms with van der Waals surface area (Å²) in [4.78, 5) is 39.7. The molecule has 11 heteroatoms. The van der Waals surface area contributed by atoms with E-state index >= 15 is 0 Å². The second-order valence-electron chi connectivity index (χ2n) is 11.5. The molecule has 5 rings (SSSR count). The highest BCUT2D eigenvalue weighted by Crippen LogP contribution is 2.50. The minimum absolute atomic E-state index is 0.0934. The van der Waals surface area contributed by atoms with E-state index in [2.05, 4.69) is 16.0 Å². The van der Waals surface area contributed by atoms with Gasteiger partial charge in [-0.25, -0.2) is 0 Å². The molecule has 0 saturated heterocycles. The molecule has 2 amide bonds. The van der Waals surface area contributed by atoms with Crippen LogP contribution >= 0.6 is 0 Å². The van der Waals surface area contributed by atoms with Crippen LogP contribution in [0.25, 0.3) is 11.1 Å². The third-order valence-corrected chi connectivity index (χ3v) is 8.63. The highest BCUT2D eigenvalue weighted by molar-refractivity contribution is 5.86. The maximum absolute atomic E-state index is 13.9. The second kappa shape index (κ2) is 14.0. The summed E-state index contributed by atoms with van der Waals surface area (Å²) in [6.07, 6.45) is 1.84. The number of aryl methyl sites for hydroxylation is 1. The molecule has 0 saturated carbocycles. The van der Waals surface area contributed by atoms with Crippen molar-refractivity contribution in [3.8, 4) is 39.9 Å². The van der Waals surface area contributed by atoms with Crippen LogP contribution in [-0.4, -0.2) is 46.0 Å². The van der Waals surface area contributed by atoms with Gasteiger partial charge in [-0.15, -0.1) is 0 Å². The molecule has 3 N–H and O–H groups in total. The zero-order valence-corrected chi connectivity index (χ0v) is 27.1. The Balaban J connectivity index is 1.53. The van der Waals surface area contributed by atoms with Gasteiger partial charge in [-0.05, 0) is 71.3 Å². The summed E-state index contributed by atoms with van der Waals surface area (Å²) in [5.41, 5.74) is 3.85. The number of methoxy groups -OCH3 is 3. The highest BCUT2D eigenvalue weighted by atomic mass is 16.7. The first-order valence-electron chi connectivity index (χ1n) is 15.4. The van der Waals surface area contributed by atoms with Crippen molar-refractivity contribution in [1.82, 2.24) is 10.6 Å². The Hall–Kier alpha value is -4.93. The lowest BCUT2D eigenvalue weighted by atomic mass is 9.95. The van der Waals surface area contributed by atoms with Crippen LogP contribution in [-0.2, 0) is 22.6 Å². The predicted octanol–water partition coefficient (Wildman–Crippen LogP) is 4.73. The van der Waals surface area contributed by atoms with Crippen LogP contribution in [0, 0.1) is 5.92 Å². The fraction of sp³-hybridized carbons (Fsp3) is 0.400. The number of benzene rings is 2. The molecule has 244 valence electrons.